The largest absolute Gasteiger partial charge is 0.497 e. The highest BCUT2D eigenvalue weighted by atomic mass is 16.5. The number of rotatable bonds is 9. The van der Waals surface area contributed by atoms with Crippen LogP contribution in [0.3, 0.4) is 0 Å². The Morgan fingerprint density at radius 3 is 2.12 bits per heavy atom. The maximum absolute atomic E-state index is 9.52. The fourth-order valence-corrected chi connectivity index (χ4v) is 3.05. The van der Waals surface area contributed by atoms with Crippen LogP contribution in [0.15, 0.2) is 54.6 Å². The molecule has 24 heavy (non-hydrogen) atoms. The van der Waals surface area contributed by atoms with Crippen LogP contribution in [-0.2, 0) is 6.42 Å². The van der Waals surface area contributed by atoms with E-state index in [1.54, 1.807) is 7.11 Å². The van der Waals surface area contributed by atoms with Crippen molar-refractivity contribution in [2.75, 3.05) is 13.7 Å². The molecule has 0 unspecified atom stereocenters. The fraction of sp³-hybridized carbons (Fsp3) is 0.429. The number of ether oxygens (including phenoxy) is 2. The van der Waals surface area contributed by atoms with Crippen molar-refractivity contribution >= 4 is 0 Å². The molecule has 0 bridgehead atoms. The maximum Gasteiger partial charge on any atom is 0.119 e. The highest BCUT2D eigenvalue weighted by molar-refractivity contribution is 5.27. The second-order valence-corrected chi connectivity index (χ2v) is 6.46. The zero-order valence-electron chi connectivity index (χ0n) is 14.8. The predicted octanol–water partition coefficient (Wildman–Crippen LogP) is 4.34. The minimum Gasteiger partial charge on any atom is -0.497 e. The van der Waals surface area contributed by atoms with Gasteiger partial charge in [-0.15, -0.1) is 0 Å². The van der Waals surface area contributed by atoms with E-state index < -0.39 is 0 Å². The molecule has 2 aromatic carbocycles. The molecule has 0 radical (unpaired) electrons. The van der Waals surface area contributed by atoms with Crippen molar-refractivity contribution in [1.82, 2.24) is 0 Å². The van der Waals surface area contributed by atoms with Crippen molar-refractivity contribution in [3.05, 3.63) is 60.2 Å². The molecule has 0 aliphatic heterocycles. The Bertz CT molecular complexity index is 578. The van der Waals surface area contributed by atoms with Crippen molar-refractivity contribution in [3.8, 4) is 11.5 Å². The number of benzene rings is 2. The Morgan fingerprint density at radius 1 is 0.917 bits per heavy atom. The summed E-state index contributed by atoms with van der Waals surface area (Å²) in [6, 6.07) is 18.1. The molecule has 3 heteroatoms. The van der Waals surface area contributed by atoms with Crippen molar-refractivity contribution in [2.24, 2.45) is 11.8 Å². The molecule has 0 aromatic heterocycles. The van der Waals surface area contributed by atoms with Crippen LogP contribution in [0.5, 0.6) is 11.5 Å². The summed E-state index contributed by atoms with van der Waals surface area (Å²) >= 11 is 0. The summed E-state index contributed by atoms with van der Waals surface area (Å²) < 4.78 is 11.5. The number of aliphatic hydroxyl groups is 1. The summed E-state index contributed by atoms with van der Waals surface area (Å²) in [5.74, 6) is 2.36. The SMILES string of the molecule is COc1ccc(C[C@@H](CCO)[C@@H](Oc2ccccc2)C(C)C)cc1. The zero-order chi connectivity index (χ0) is 17.4. The van der Waals surface area contributed by atoms with Crippen molar-refractivity contribution in [3.63, 3.8) is 0 Å². The van der Waals surface area contributed by atoms with Gasteiger partial charge in [0.05, 0.1) is 7.11 Å². The topological polar surface area (TPSA) is 38.7 Å². The number of hydrogen-bond acceptors (Lipinski definition) is 3. The highest BCUT2D eigenvalue weighted by Crippen LogP contribution is 2.27. The van der Waals surface area contributed by atoms with Crippen molar-refractivity contribution in [2.45, 2.75) is 32.8 Å². The molecular formula is C21H28O3. The lowest BCUT2D eigenvalue weighted by Gasteiger charge is -2.31. The van der Waals surface area contributed by atoms with Gasteiger partial charge < -0.3 is 14.6 Å². The van der Waals surface area contributed by atoms with Crippen LogP contribution in [0, 0.1) is 11.8 Å². The van der Waals surface area contributed by atoms with E-state index in [2.05, 4.69) is 26.0 Å². The molecule has 0 saturated carbocycles. The van der Waals surface area contributed by atoms with E-state index in [9.17, 15) is 5.11 Å². The van der Waals surface area contributed by atoms with Crippen LogP contribution in [0.1, 0.15) is 25.8 Å². The number of para-hydroxylation sites is 1. The van der Waals surface area contributed by atoms with Gasteiger partial charge in [-0.1, -0.05) is 44.2 Å². The smallest absolute Gasteiger partial charge is 0.119 e. The van der Waals surface area contributed by atoms with Crippen LogP contribution in [0.25, 0.3) is 0 Å². The number of hydrogen-bond donors (Lipinski definition) is 1. The van der Waals surface area contributed by atoms with Crippen LogP contribution < -0.4 is 9.47 Å². The molecule has 0 amide bonds. The van der Waals surface area contributed by atoms with E-state index in [-0.39, 0.29) is 18.6 Å². The van der Waals surface area contributed by atoms with E-state index in [1.807, 2.05) is 42.5 Å². The van der Waals surface area contributed by atoms with Gasteiger partial charge in [0.15, 0.2) is 0 Å². The van der Waals surface area contributed by atoms with Gasteiger partial charge in [0, 0.05) is 12.5 Å². The molecule has 2 atom stereocenters. The first-order valence-electron chi connectivity index (χ1n) is 8.59. The zero-order valence-corrected chi connectivity index (χ0v) is 14.8. The first-order chi connectivity index (χ1) is 11.6. The lowest BCUT2D eigenvalue weighted by Crippen LogP contribution is -2.34. The lowest BCUT2D eigenvalue weighted by molar-refractivity contribution is 0.0730. The molecule has 3 nitrogen and oxygen atoms in total. The standard InChI is InChI=1S/C21H28O3/c1-16(2)21(24-20-7-5-4-6-8-20)18(13-14-22)15-17-9-11-19(23-3)12-10-17/h4-12,16,18,21-22H,13-15H2,1-3H3/t18-,21+/m1/s1. The van der Waals surface area contributed by atoms with Crippen LogP contribution in [-0.4, -0.2) is 24.9 Å². The minimum atomic E-state index is 0.0571. The Hall–Kier alpha value is -2.00. The Kier molecular flexibility index (Phi) is 7.13. The van der Waals surface area contributed by atoms with E-state index >= 15 is 0 Å². The predicted molar refractivity (Wildman–Crippen MR) is 97.6 cm³/mol. The molecule has 0 saturated heterocycles. The molecule has 0 heterocycles. The summed E-state index contributed by atoms with van der Waals surface area (Å²) in [5, 5.41) is 9.52. The van der Waals surface area contributed by atoms with Gasteiger partial charge in [0.1, 0.15) is 17.6 Å². The van der Waals surface area contributed by atoms with Crippen molar-refractivity contribution in [1.29, 1.82) is 0 Å². The second-order valence-electron chi connectivity index (χ2n) is 6.46. The molecular weight excluding hydrogens is 300 g/mol. The molecule has 0 aliphatic rings. The fourth-order valence-electron chi connectivity index (χ4n) is 3.05. The summed E-state index contributed by atoms with van der Waals surface area (Å²) in [6.45, 7) is 4.51. The van der Waals surface area contributed by atoms with E-state index in [0.29, 0.717) is 5.92 Å². The van der Waals surface area contributed by atoms with Gasteiger partial charge in [-0.25, -0.2) is 0 Å². The monoisotopic (exact) mass is 328 g/mol. The normalized spacial score (nSPS) is 13.5. The van der Waals surface area contributed by atoms with Crippen LogP contribution >= 0.6 is 0 Å². The molecule has 0 fully saturated rings. The molecule has 2 aromatic rings. The van der Waals surface area contributed by atoms with Gasteiger partial charge in [-0.3, -0.25) is 0 Å². The quantitative estimate of drug-likeness (QED) is 0.744. The summed E-state index contributed by atoms with van der Waals surface area (Å²) in [6.07, 6.45) is 1.66. The number of aliphatic hydroxyl groups excluding tert-OH is 1. The molecule has 2 rings (SSSR count). The third-order valence-corrected chi connectivity index (χ3v) is 4.29. The minimum absolute atomic E-state index is 0.0571. The molecule has 1 N–H and O–H groups in total. The summed E-state index contributed by atoms with van der Waals surface area (Å²) in [7, 11) is 1.67. The first kappa shape index (κ1) is 18.3. The van der Waals surface area contributed by atoms with E-state index in [1.165, 1.54) is 5.56 Å². The van der Waals surface area contributed by atoms with Gasteiger partial charge in [0.2, 0.25) is 0 Å². The Morgan fingerprint density at radius 2 is 1.58 bits per heavy atom. The van der Waals surface area contributed by atoms with Gasteiger partial charge in [-0.05, 0) is 48.6 Å². The summed E-state index contributed by atoms with van der Waals surface area (Å²) in [5.41, 5.74) is 1.23. The van der Waals surface area contributed by atoms with Gasteiger partial charge in [0.25, 0.3) is 0 Å². The van der Waals surface area contributed by atoms with Crippen LogP contribution in [0.4, 0.5) is 0 Å². The maximum atomic E-state index is 9.52. The number of methoxy groups -OCH3 is 1. The van der Waals surface area contributed by atoms with E-state index in [0.717, 1.165) is 24.3 Å². The summed E-state index contributed by atoms with van der Waals surface area (Å²) in [4.78, 5) is 0. The van der Waals surface area contributed by atoms with Gasteiger partial charge >= 0.3 is 0 Å². The Labute approximate surface area is 145 Å². The first-order valence-corrected chi connectivity index (χ1v) is 8.59. The van der Waals surface area contributed by atoms with Crippen LogP contribution in [0.2, 0.25) is 0 Å². The highest BCUT2D eigenvalue weighted by Gasteiger charge is 2.26. The third-order valence-electron chi connectivity index (χ3n) is 4.29. The second kappa shape index (κ2) is 9.33. The van der Waals surface area contributed by atoms with Gasteiger partial charge in [-0.2, -0.15) is 0 Å². The molecule has 0 spiro atoms. The third kappa shape index (κ3) is 5.27. The molecule has 0 aliphatic carbocycles. The molecule has 130 valence electrons. The Balaban J connectivity index is 2.14. The lowest BCUT2D eigenvalue weighted by atomic mass is 9.85. The van der Waals surface area contributed by atoms with E-state index in [4.69, 9.17) is 9.47 Å². The average Bonchev–Trinajstić information content (AvgIpc) is 2.60. The average molecular weight is 328 g/mol. The van der Waals surface area contributed by atoms with Crippen molar-refractivity contribution < 1.29 is 14.6 Å².